The van der Waals surface area contributed by atoms with Crippen molar-refractivity contribution in [3.63, 3.8) is 0 Å². The third kappa shape index (κ3) is 5.17. The number of nitrogens with zero attached hydrogens (tertiary/aromatic N) is 2. The van der Waals surface area contributed by atoms with Gasteiger partial charge in [-0.2, -0.15) is 0 Å². The molecule has 30 heavy (non-hydrogen) atoms. The minimum Gasteiger partial charge on any atom is -0.481 e. The zero-order valence-electron chi connectivity index (χ0n) is 17.3. The van der Waals surface area contributed by atoms with E-state index in [1.807, 2.05) is 17.0 Å². The maximum Gasteiger partial charge on any atom is 0.267 e. The number of benzene rings is 1. The molecule has 1 atom stereocenters. The monoisotopic (exact) mass is 414 g/mol. The van der Waals surface area contributed by atoms with E-state index < -0.39 is 6.10 Å². The Morgan fingerprint density at radius 1 is 1.00 bits per heavy atom. The van der Waals surface area contributed by atoms with Crippen LogP contribution in [0.5, 0.6) is 5.75 Å². The van der Waals surface area contributed by atoms with E-state index in [9.17, 15) is 14.4 Å². The molecule has 3 fully saturated rings. The molecule has 8 heteroatoms. The molecule has 0 radical (unpaired) electrons. The van der Waals surface area contributed by atoms with Crippen LogP contribution in [0.4, 0.5) is 0 Å². The second kappa shape index (κ2) is 9.57. The van der Waals surface area contributed by atoms with Gasteiger partial charge in [0, 0.05) is 39.0 Å². The lowest BCUT2D eigenvalue weighted by Crippen LogP contribution is -2.50. The van der Waals surface area contributed by atoms with Crippen LogP contribution in [-0.4, -0.2) is 79.4 Å². The normalized spacial score (nSPS) is 23.9. The van der Waals surface area contributed by atoms with E-state index in [1.165, 1.54) is 5.56 Å². The Kier molecular flexibility index (Phi) is 6.64. The fourth-order valence-corrected chi connectivity index (χ4v) is 4.40. The molecule has 0 aliphatic carbocycles. The molecule has 2 N–H and O–H groups in total. The predicted molar refractivity (Wildman–Crippen MR) is 111 cm³/mol. The maximum atomic E-state index is 12.5. The highest BCUT2D eigenvalue weighted by Crippen LogP contribution is 2.29. The van der Waals surface area contributed by atoms with Crippen molar-refractivity contribution in [3.8, 4) is 5.75 Å². The quantitative estimate of drug-likeness (QED) is 0.682. The third-order valence-electron chi connectivity index (χ3n) is 6.23. The van der Waals surface area contributed by atoms with Gasteiger partial charge in [0.1, 0.15) is 5.75 Å². The van der Waals surface area contributed by atoms with E-state index >= 15 is 0 Å². The molecule has 0 unspecified atom stereocenters. The Morgan fingerprint density at radius 2 is 1.70 bits per heavy atom. The van der Waals surface area contributed by atoms with Crippen LogP contribution in [0, 0.1) is 0 Å². The minimum absolute atomic E-state index is 0.240. The molecular weight excluding hydrogens is 384 g/mol. The number of piperidine rings is 2. The number of likely N-dealkylation sites (tertiary alicyclic amines) is 1. The number of carbonyl (C=O) groups excluding carboxylic acids is 3. The Morgan fingerprint density at radius 3 is 2.37 bits per heavy atom. The van der Waals surface area contributed by atoms with Crippen molar-refractivity contribution < 1.29 is 19.1 Å². The average molecular weight is 415 g/mol. The van der Waals surface area contributed by atoms with Crippen LogP contribution in [0.15, 0.2) is 24.3 Å². The van der Waals surface area contributed by atoms with E-state index in [-0.39, 0.29) is 17.7 Å². The highest BCUT2D eigenvalue weighted by Gasteiger charge is 2.28. The van der Waals surface area contributed by atoms with Crippen LogP contribution in [0.25, 0.3) is 0 Å². The first-order valence-corrected chi connectivity index (χ1v) is 10.9. The standard InChI is InChI=1S/C22H30N4O4/c27-20-6-5-19(22(29)24-20)30-18-3-1-16(2-4-18)17-7-11-25(12-8-17)15-21(28)26-13-9-23-10-14-26/h1-4,17,19,23H,5-15H2,(H,24,27,29)/t19-/m1/s1. The lowest BCUT2D eigenvalue weighted by Gasteiger charge is -2.34. The van der Waals surface area contributed by atoms with Crippen LogP contribution in [0.1, 0.15) is 37.2 Å². The highest BCUT2D eigenvalue weighted by atomic mass is 16.5. The number of amides is 3. The summed E-state index contributed by atoms with van der Waals surface area (Å²) in [5.41, 5.74) is 1.26. The molecule has 4 rings (SSSR count). The van der Waals surface area contributed by atoms with Gasteiger partial charge in [0.25, 0.3) is 5.91 Å². The number of hydrogen-bond donors (Lipinski definition) is 2. The van der Waals surface area contributed by atoms with E-state index in [0.29, 0.717) is 31.1 Å². The molecule has 0 aromatic heterocycles. The molecule has 0 bridgehead atoms. The second-order valence-corrected chi connectivity index (χ2v) is 8.31. The van der Waals surface area contributed by atoms with Crippen LogP contribution in [0.3, 0.4) is 0 Å². The van der Waals surface area contributed by atoms with E-state index in [4.69, 9.17) is 4.74 Å². The van der Waals surface area contributed by atoms with Crippen molar-refractivity contribution in [2.75, 3.05) is 45.8 Å². The summed E-state index contributed by atoms with van der Waals surface area (Å²) < 4.78 is 5.76. The zero-order valence-corrected chi connectivity index (χ0v) is 17.3. The van der Waals surface area contributed by atoms with Gasteiger partial charge in [0.15, 0.2) is 6.10 Å². The first-order valence-electron chi connectivity index (χ1n) is 10.9. The van der Waals surface area contributed by atoms with Gasteiger partial charge in [-0.3, -0.25) is 24.6 Å². The Bertz CT molecular complexity index is 768. The molecule has 3 heterocycles. The molecule has 162 valence electrons. The summed E-state index contributed by atoms with van der Waals surface area (Å²) in [6.07, 6.45) is 2.18. The molecule has 3 saturated heterocycles. The molecule has 1 aromatic rings. The van der Waals surface area contributed by atoms with Crippen LogP contribution < -0.4 is 15.4 Å². The fraction of sp³-hybridized carbons (Fsp3) is 0.591. The van der Waals surface area contributed by atoms with E-state index in [2.05, 4.69) is 27.7 Å². The number of rotatable bonds is 5. The van der Waals surface area contributed by atoms with Crippen LogP contribution in [-0.2, 0) is 14.4 Å². The lowest BCUT2D eigenvalue weighted by atomic mass is 9.89. The van der Waals surface area contributed by atoms with Crippen molar-refractivity contribution in [2.24, 2.45) is 0 Å². The summed E-state index contributed by atoms with van der Waals surface area (Å²) in [5.74, 6) is 0.756. The van der Waals surface area contributed by atoms with Crippen molar-refractivity contribution >= 4 is 17.7 Å². The Hall–Kier alpha value is -2.45. The molecule has 8 nitrogen and oxygen atoms in total. The highest BCUT2D eigenvalue weighted by molar-refractivity contribution is 5.99. The largest absolute Gasteiger partial charge is 0.481 e. The number of carbonyl (C=O) groups is 3. The van der Waals surface area contributed by atoms with Gasteiger partial charge in [0.2, 0.25) is 11.8 Å². The molecule has 3 aliphatic rings. The fourth-order valence-electron chi connectivity index (χ4n) is 4.40. The summed E-state index contributed by atoms with van der Waals surface area (Å²) >= 11 is 0. The van der Waals surface area contributed by atoms with Gasteiger partial charge in [-0.05, 0) is 49.5 Å². The minimum atomic E-state index is -0.606. The van der Waals surface area contributed by atoms with Gasteiger partial charge >= 0.3 is 0 Å². The third-order valence-corrected chi connectivity index (χ3v) is 6.23. The number of imide groups is 1. The first-order chi connectivity index (χ1) is 14.6. The second-order valence-electron chi connectivity index (χ2n) is 8.31. The topological polar surface area (TPSA) is 91.0 Å². The number of ether oxygens (including phenoxy) is 1. The summed E-state index contributed by atoms with van der Waals surface area (Å²) in [6.45, 7) is 5.76. The van der Waals surface area contributed by atoms with Crippen molar-refractivity contribution in [2.45, 2.75) is 37.7 Å². The van der Waals surface area contributed by atoms with Gasteiger partial charge in [-0.1, -0.05) is 12.1 Å². The molecule has 3 amide bonds. The van der Waals surface area contributed by atoms with Gasteiger partial charge in [0.05, 0.1) is 6.54 Å². The summed E-state index contributed by atoms with van der Waals surface area (Å²) in [5, 5.41) is 5.59. The molecule has 0 saturated carbocycles. The SMILES string of the molecule is O=C1CC[C@@H](Oc2ccc(C3CCN(CC(=O)N4CCNCC4)CC3)cc2)C(=O)N1. The zero-order chi connectivity index (χ0) is 20.9. The summed E-state index contributed by atoms with van der Waals surface area (Å²) in [4.78, 5) is 39.8. The van der Waals surface area contributed by atoms with Crippen molar-refractivity contribution in [1.29, 1.82) is 0 Å². The van der Waals surface area contributed by atoms with Gasteiger partial charge in [-0.25, -0.2) is 0 Å². The smallest absolute Gasteiger partial charge is 0.267 e. The van der Waals surface area contributed by atoms with Crippen LogP contribution in [0.2, 0.25) is 0 Å². The predicted octanol–water partition coefficient (Wildman–Crippen LogP) is 0.482. The van der Waals surface area contributed by atoms with Gasteiger partial charge in [-0.15, -0.1) is 0 Å². The van der Waals surface area contributed by atoms with Crippen molar-refractivity contribution in [1.82, 2.24) is 20.4 Å². The summed E-state index contributed by atoms with van der Waals surface area (Å²) in [6, 6.07) is 7.93. The van der Waals surface area contributed by atoms with E-state index in [1.54, 1.807) is 0 Å². The summed E-state index contributed by atoms with van der Waals surface area (Å²) in [7, 11) is 0. The molecular formula is C22H30N4O4. The average Bonchev–Trinajstić information content (AvgIpc) is 2.77. The van der Waals surface area contributed by atoms with Gasteiger partial charge < -0.3 is 15.0 Å². The Labute approximate surface area is 176 Å². The van der Waals surface area contributed by atoms with E-state index in [0.717, 1.165) is 52.1 Å². The maximum absolute atomic E-state index is 12.5. The number of nitrogens with one attached hydrogen (secondary N) is 2. The molecule has 1 aromatic carbocycles. The Balaban J connectivity index is 1.24. The van der Waals surface area contributed by atoms with Crippen molar-refractivity contribution in [3.05, 3.63) is 29.8 Å². The molecule has 0 spiro atoms. The first kappa shape index (κ1) is 20.8. The number of piperazine rings is 1. The molecule has 3 aliphatic heterocycles. The van der Waals surface area contributed by atoms with Crippen LogP contribution >= 0.6 is 0 Å². The number of hydrogen-bond acceptors (Lipinski definition) is 6. The lowest BCUT2D eigenvalue weighted by molar-refractivity contribution is -0.139.